The molecule has 110 valence electrons. The third-order valence-corrected chi connectivity index (χ3v) is 3.70. The van der Waals surface area contributed by atoms with Gasteiger partial charge >= 0.3 is 0 Å². The molecule has 1 saturated carbocycles. The first kappa shape index (κ1) is 14.8. The first-order chi connectivity index (χ1) is 9.51. The maximum absolute atomic E-state index is 13.5. The van der Waals surface area contributed by atoms with Crippen molar-refractivity contribution in [2.45, 2.75) is 37.8 Å². The van der Waals surface area contributed by atoms with Gasteiger partial charge in [-0.1, -0.05) is 0 Å². The zero-order valence-corrected chi connectivity index (χ0v) is 11.2. The standard InChI is InChI=1S/C14H17F3N2O/c1-18-9-2-4-10(5-3-9)19-14(20)13-11(16)6-8(15)7-12(13)17/h6-7,9-10,18H,2-5H2,1H3,(H,19,20). The second kappa shape index (κ2) is 6.26. The van der Waals surface area contributed by atoms with Crippen molar-refractivity contribution in [3.8, 4) is 0 Å². The Kier molecular flexibility index (Phi) is 4.65. The quantitative estimate of drug-likeness (QED) is 0.895. The molecule has 2 N–H and O–H groups in total. The summed E-state index contributed by atoms with van der Waals surface area (Å²) in [6, 6.07) is 1.34. The van der Waals surface area contributed by atoms with E-state index in [2.05, 4.69) is 10.6 Å². The molecule has 2 rings (SSSR count). The largest absolute Gasteiger partial charge is 0.349 e. The summed E-state index contributed by atoms with van der Waals surface area (Å²) >= 11 is 0. The number of hydrogen-bond acceptors (Lipinski definition) is 2. The van der Waals surface area contributed by atoms with Gasteiger partial charge in [-0.2, -0.15) is 0 Å². The van der Waals surface area contributed by atoms with Crippen molar-refractivity contribution in [2.75, 3.05) is 7.05 Å². The first-order valence-electron chi connectivity index (χ1n) is 6.64. The number of carbonyl (C=O) groups is 1. The number of carbonyl (C=O) groups excluding carboxylic acids is 1. The van der Waals surface area contributed by atoms with E-state index in [9.17, 15) is 18.0 Å². The predicted octanol–water partition coefficient (Wildman–Crippen LogP) is 2.36. The number of halogens is 3. The minimum Gasteiger partial charge on any atom is -0.349 e. The lowest BCUT2D eigenvalue weighted by atomic mass is 9.91. The van der Waals surface area contributed by atoms with E-state index < -0.39 is 28.9 Å². The second-order valence-electron chi connectivity index (χ2n) is 5.06. The molecule has 0 aliphatic heterocycles. The van der Waals surface area contributed by atoms with Crippen LogP contribution in [0.2, 0.25) is 0 Å². The Hall–Kier alpha value is -1.56. The molecule has 0 unspecified atom stereocenters. The molecule has 6 heteroatoms. The van der Waals surface area contributed by atoms with Gasteiger partial charge in [0, 0.05) is 24.2 Å². The molecule has 3 nitrogen and oxygen atoms in total. The maximum Gasteiger partial charge on any atom is 0.257 e. The average molecular weight is 286 g/mol. The fraction of sp³-hybridized carbons (Fsp3) is 0.500. The van der Waals surface area contributed by atoms with Crippen LogP contribution in [0, 0.1) is 17.5 Å². The van der Waals surface area contributed by atoms with Crippen LogP contribution in [-0.4, -0.2) is 25.0 Å². The van der Waals surface area contributed by atoms with Gasteiger partial charge in [0.2, 0.25) is 0 Å². The van der Waals surface area contributed by atoms with Gasteiger partial charge in [-0.15, -0.1) is 0 Å². The van der Waals surface area contributed by atoms with Crippen LogP contribution in [0.4, 0.5) is 13.2 Å². The highest BCUT2D eigenvalue weighted by Gasteiger charge is 2.25. The number of hydrogen-bond donors (Lipinski definition) is 2. The van der Waals surface area contributed by atoms with Crippen molar-refractivity contribution in [3.05, 3.63) is 35.1 Å². The summed E-state index contributed by atoms with van der Waals surface area (Å²) in [7, 11) is 1.88. The van der Waals surface area contributed by atoms with E-state index in [-0.39, 0.29) is 6.04 Å². The normalized spacial score (nSPS) is 22.6. The van der Waals surface area contributed by atoms with Crippen LogP contribution in [0.5, 0.6) is 0 Å². The van der Waals surface area contributed by atoms with Gasteiger partial charge in [-0.3, -0.25) is 4.79 Å². The number of nitrogens with one attached hydrogen (secondary N) is 2. The summed E-state index contributed by atoms with van der Waals surface area (Å²) in [6.07, 6.45) is 3.30. The van der Waals surface area contributed by atoms with Gasteiger partial charge < -0.3 is 10.6 Å². The van der Waals surface area contributed by atoms with E-state index in [0.717, 1.165) is 25.7 Å². The Morgan fingerprint density at radius 1 is 1.05 bits per heavy atom. The summed E-state index contributed by atoms with van der Waals surface area (Å²) in [4.78, 5) is 11.9. The fourth-order valence-corrected chi connectivity index (χ4v) is 2.54. The summed E-state index contributed by atoms with van der Waals surface area (Å²) in [5, 5.41) is 5.77. The highest BCUT2D eigenvalue weighted by atomic mass is 19.1. The summed E-state index contributed by atoms with van der Waals surface area (Å²) < 4.78 is 39.8. The van der Waals surface area contributed by atoms with Crippen LogP contribution >= 0.6 is 0 Å². The Labute approximate surface area is 115 Å². The Balaban J connectivity index is 2.03. The molecule has 1 aliphatic carbocycles. The van der Waals surface area contributed by atoms with Crippen LogP contribution in [-0.2, 0) is 0 Å². The second-order valence-corrected chi connectivity index (χ2v) is 5.06. The molecule has 0 bridgehead atoms. The minimum atomic E-state index is -1.18. The van der Waals surface area contributed by atoms with Crippen molar-refractivity contribution in [3.63, 3.8) is 0 Å². The Morgan fingerprint density at radius 3 is 2.05 bits per heavy atom. The van der Waals surface area contributed by atoms with E-state index >= 15 is 0 Å². The molecule has 0 saturated heterocycles. The van der Waals surface area contributed by atoms with Crippen molar-refractivity contribution >= 4 is 5.91 Å². The molecule has 20 heavy (non-hydrogen) atoms. The monoisotopic (exact) mass is 286 g/mol. The molecule has 0 spiro atoms. The number of benzene rings is 1. The van der Waals surface area contributed by atoms with E-state index in [1.165, 1.54) is 0 Å². The maximum atomic E-state index is 13.5. The van der Waals surface area contributed by atoms with Crippen molar-refractivity contribution in [1.82, 2.24) is 10.6 Å². The third-order valence-electron chi connectivity index (χ3n) is 3.70. The molecular formula is C14H17F3N2O. The molecule has 1 amide bonds. The molecule has 1 aromatic carbocycles. The average Bonchev–Trinajstić information content (AvgIpc) is 2.38. The Bertz CT molecular complexity index is 476. The van der Waals surface area contributed by atoms with E-state index in [0.29, 0.717) is 18.2 Å². The van der Waals surface area contributed by atoms with Crippen molar-refractivity contribution < 1.29 is 18.0 Å². The smallest absolute Gasteiger partial charge is 0.257 e. The molecule has 1 aromatic rings. The predicted molar refractivity (Wildman–Crippen MR) is 68.9 cm³/mol. The SMILES string of the molecule is CNC1CCC(NC(=O)c2c(F)cc(F)cc2F)CC1. The first-order valence-corrected chi connectivity index (χ1v) is 6.64. The number of amides is 1. The molecule has 0 atom stereocenters. The van der Waals surface area contributed by atoms with E-state index in [4.69, 9.17) is 0 Å². The molecular weight excluding hydrogens is 269 g/mol. The van der Waals surface area contributed by atoms with Crippen molar-refractivity contribution in [1.29, 1.82) is 0 Å². The highest BCUT2D eigenvalue weighted by Crippen LogP contribution is 2.20. The summed E-state index contributed by atoms with van der Waals surface area (Å²) in [6.45, 7) is 0. The molecule has 0 aromatic heterocycles. The topological polar surface area (TPSA) is 41.1 Å². The molecule has 0 radical (unpaired) electrons. The molecule has 1 aliphatic rings. The fourth-order valence-electron chi connectivity index (χ4n) is 2.54. The number of rotatable bonds is 3. The lowest BCUT2D eigenvalue weighted by molar-refractivity contribution is 0.0916. The van der Waals surface area contributed by atoms with Gasteiger partial charge in [-0.25, -0.2) is 13.2 Å². The highest BCUT2D eigenvalue weighted by molar-refractivity contribution is 5.94. The van der Waals surface area contributed by atoms with Gasteiger partial charge in [0.25, 0.3) is 5.91 Å². The van der Waals surface area contributed by atoms with Crippen LogP contribution < -0.4 is 10.6 Å². The lowest BCUT2D eigenvalue weighted by Gasteiger charge is -2.28. The van der Waals surface area contributed by atoms with E-state index in [1.54, 1.807) is 0 Å². The van der Waals surface area contributed by atoms with Crippen LogP contribution in [0.1, 0.15) is 36.0 Å². The zero-order valence-electron chi connectivity index (χ0n) is 11.2. The molecule has 0 heterocycles. The van der Waals surface area contributed by atoms with Crippen LogP contribution in [0.25, 0.3) is 0 Å². The minimum absolute atomic E-state index is 0.101. The molecule has 1 fully saturated rings. The summed E-state index contributed by atoms with van der Waals surface area (Å²) in [5.41, 5.74) is -0.720. The van der Waals surface area contributed by atoms with Crippen LogP contribution in [0.3, 0.4) is 0 Å². The Morgan fingerprint density at radius 2 is 1.55 bits per heavy atom. The zero-order chi connectivity index (χ0) is 14.7. The van der Waals surface area contributed by atoms with Gasteiger partial charge in [0.15, 0.2) is 0 Å². The van der Waals surface area contributed by atoms with Gasteiger partial charge in [0.05, 0.1) is 0 Å². The van der Waals surface area contributed by atoms with Gasteiger partial charge in [0.1, 0.15) is 23.0 Å². The van der Waals surface area contributed by atoms with Crippen LogP contribution in [0.15, 0.2) is 12.1 Å². The van der Waals surface area contributed by atoms with E-state index in [1.807, 2.05) is 7.05 Å². The lowest BCUT2D eigenvalue weighted by Crippen LogP contribution is -2.41. The van der Waals surface area contributed by atoms with Gasteiger partial charge in [-0.05, 0) is 32.7 Å². The summed E-state index contributed by atoms with van der Waals surface area (Å²) in [5.74, 6) is -4.22. The third kappa shape index (κ3) is 3.30. The van der Waals surface area contributed by atoms with Crippen molar-refractivity contribution in [2.24, 2.45) is 0 Å².